The van der Waals surface area contributed by atoms with Gasteiger partial charge < -0.3 is 0 Å². The Kier molecular flexibility index (Phi) is 1.65. The molecule has 0 nitrogen and oxygen atoms in total. The van der Waals surface area contributed by atoms with Gasteiger partial charge in [0.1, 0.15) is 0 Å². The Bertz CT molecular complexity index is 140. The lowest BCUT2D eigenvalue weighted by molar-refractivity contribution is 0.393. The molecule has 0 aromatic carbocycles. The summed E-state index contributed by atoms with van der Waals surface area (Å²) in [7, 11) is 0. The van der Waals surface area contributed by atoms with E-state index < -0.39 is 0 Å². The Morgan fingerprint density at radius 1 is 1.33 bits per heavy atom. The van der Waals surface area contributed by atoms with E-state index in [1.807, 2.05) is 0 Å². The number of allylic oxidation sites excluding steroid dienone is 2. The molecule has 0 bridgehead atoms. The third-order valence-electron chi connectivity index (χ3n) is 2.56. The Labute approximate surface area is 58.0 Å². The van der Waals surface area contributed by atoms with Gasteiger partial charge >= 0.3 is 0 Å². The fraction of sp³-hybridized carbons (Fsp3) is 0.778. The van der Waals surface area contributed by atoms with Crippen molar-refractivity contribution in [3.8, 4) is 0 Å². The van der Waals surface area contributed by atoms with Crippen LogP contribution < -0.4 is 0 Å². The summed E-state index contributed by atoms with van der Waals surface area (Å²) in [6.45, 7) is 9.12. The zero-order valence-electron chi connectivity index (χ0n) is 6.86. The zero-order valence-corrected chi connectivity index (χ0v) is 6.86. The molecule has 0 heteroatoms. The standard InChI is InChI=1S/C9H16/c1-6(2)9-5-7(3)8(9)4/h6,9H,5H2,1-4H3. The minimum atomic E-state index is 0.855. The number of hydrogen-bond acceptors (Lipinski definition) is 0. The molecule has 0 saturated heterocycles. The monoisotopic (exact) mass is 124 g/mol. The average molecular weight is 124 g/mol. The van der Waals surface area contributed by atoms with E-state index in [0.717, 1.165) is 11.8 Å². The highest BCUT2D eigenvalue weighted by atomic mass is 14.3. The first-order valence-electron chi connectivity index (χ1n) is 3.79. The molecular formula is C9H16. The van der Waals surface area contributed by atoms with Crippen LogP contribution in [-0.4, -0.2) is 0 Å². The van der Waals surface area contributed by atoms with Crippen LogP contribution in [0.5, 0.6) is 0 Å². The summed E-state index contributed by atoms with van der Waals surface area (Å²) in [5.41, 5.74) is 3.26. The second-order valence-corrected chi connectivity index (χ2v) is 3.52. The van der Waals surface area contributed by atoms with Gasteiger partial charge in [-0.3, -0.25) is 0 Å². The van der Waals surface area contributed by atoms with E-state index in [1.54, 1.807) is 11.1 Å². The summed E-state index contributed by atoms with van der Waals surface area (Å²) in [4.78, 5) is 0. The van der Waals surface area contributed by atoms with Crippen LogP contribution in [0.25, 0.3) is 0 Å². The molecule has 0 spiro atoms. The maximum Gasteiger partial charge on any atom is -0.0143 e. The normalized spacial score (nSPS) is 27.0. The van der Waals surface area contributed by atoms with Crippen LogP contribution in [0.1, 0.15) is 34.1 Å². The molecule has 0 heterocycles. The van der Waals surface area contributed by atoms with Gasteiger partial charge in [0, 0.05) is 0 Å². The van der Waals surface area contributed by atoms with E-state index in [9.17, 15) is 0 Å². The second kappa shape index (κ2) is 2.17. The lowest BCUT2D eigenvalue weighted by atomic mass is 9.73. The highest BCUT2D eigenvalue weighted by molar-refractivity contribution is 5.25. The Hall–Kier alpha value is -0.260. The van der Waals surface area contributed by atoms with Crippen molar-refractivity contribution in [3.63, 3.8) is 0 Å². The summed E-state index contributed by atoms with van der Waals surface area (Å²) in [5.74, 6) is 1.76. The topological polar surface area (TPSA) is 0 Å². The van der Waals surface area contributed by atoms with Gasteiger partial charge in [-0.1, -0.05) is 25.0 Å². The Morgan fingerprint density at radius 2 is 1.89 bits per heavy atom. The highest BCUT2D eigenvalue weighted by Crippen LogP contribution is 2.38. The number of rotatable bonds is 1. The van der Waals surface area contributed by atoms with E-state index in [2.05, 4.69) is 27.7 Å². The first kappa shape index (κ1) is 6.85. The third-order valence-corrected chi connectivity index (χ3v) is 2.56. The van der Waals surface area contributed by atoms with Gasteiger partial charge in [-0.2, -0.15) is 0 Å². The van der Waals surface area contributed by atoms with Gasteiger partial charge in [0.25, 0.3) is 0 Å². The molecule has 0 aromatic heterocycles. The lowest BCUT2D eigenvalue weighted by Crippen LogP contribution is -2.20. The van der Waals surface area contributed by atoms with Crippen molar-refractivity contribution in [2.45, 2.75) is 34.1 Å². The first-order valence-corrected chi connectivity index (χ1v) is 3.79. The molecule has 1 aliphatic rings. The van der Waals surface area contributed by atoms with E-state index in [1.165, 1.54) is 6.42 Å². The van der Waals surface area contributed by atoms with Crippen LogP contribution in [0.2, 0.25) is 0 Å². The van der Waals surface area contributed by atoms with Crippen LogP contribution in [0.15, 0.2) is 11.1 Å². The van der Waals surface area contributed by atoms with Crippen molar-refractivity contribution in [3.05, 3.63) is 11.1 Å². The summed E-state index contributed by atoms with van der Waals surface area (Å²) in [6, 6.07) is 0. The van der Waals surface area contributed by atoms with Crippen molar-refractivity contribution in [2.24, 2.45) is 11.8 Å². The molecule has 52 valence electrons. The molecule has 0 fully saturated rings. The molecule has 0 amide bonds. The predicted molar refractivity (Wildman–Crippen MR) is 41.3 cm³/mol. The van der Waals surface area contributed by atoms with Crippen molar-refractivity contribution in [1.82, 2.24) is 0 Å². The van der Waals surface area contributed by atoms with Gasteiger partial charge in [0.2, 0.25) is 0 Å². The van der Waals surface area contributed by atoms with Gasteiger partial charge in [-0.15, -0.1) is 0 Å². The van der Waals surface area contributed by atoms with E-state index in [4.69, 9.17) is 0 Å². The third kappa shape index (κ3) is 1.03. The molecule has 0 aromatic rings. The van der Waals surface area contributed by atoms with Gasteiger partial charge in [0.15, 0.2) is 0 Å². The van der Waals surface area contributed by atoms with Crippen LogP contribution in [0, 0.1) is 11.8 Å². The van der Waals surface area contributed by atoms with Crippen molar-refractivity contribution in [1.29, 1.82) is 0 Å². The summed E-state index contributed by atoms with van der Waals surface area (Å²) in [6.07, 6.45) is 1.35. The molecule has 1 aliphatic carbocycles. The fourth-order valence-electron chi connectivity index (χ4n) is 1.57. The van der Waals surface area contributed by atoms with Crippen LogP contribution in [0.4, 0.5) is 0 Å². The molecule has 9 heavy (non-hydrogen) atoms. The molecule has 0 saturated carbocycles. The minimum absolute atomic E-state index is 0.855. The molecular weight excluding hydrogens is 108 g/mol. The van der Waals surface area contributed by atoms with Gasteiger partial charge in [-0.05, 0) is 32.1 Å². The van der Waals surface area contributed by atoms with Crippen molar-refractivity contribution >= 4 is 0 Å². The Morgan fingerprint density at radius 3 is 2.00 bits per heavy atom. The molecule has 1 unspecified atom stereocenters. The summed E-state index contributed by atoms with van der Waals surface area (Å²) < 4.78 is 0. The Balaban J connectivity index is 2.56. The SMILES string of the molecule is CC1=C(C)C(C(C)C)C1. The maximum atomic E-state index is 2.31. The largest absolute Gasteiger partial charge is 0.0735 e. The molecule has 1 atom stereocenters. The molecule has 0 N–H and O–H groups in total. The molecule has 0 aliphatic heterocycles. The second-order valence-electron chi connectivity index (χ2n) is 3.52. The van der Waals surface area contributed by atoms with E-state index in [0.29, 0.717) is 0 Å². The highest BCUT2D eigenvalue weighted by Gasteiger charge is 2.25. The van der Waals surface area contributed by atoms with Crippen LogP contribution >= 0.6 is 0 Å². The van der Waals surface area contributed by atoms with Gasteiger partial charge in [-0.25, -0.2) is 0 Å². The predicted octanol–water partition coefficient (Wildman–Crippen LogP) is 3.00. The summed E-state index contributed by atoms with van der Waals surface area (Å²) in [5, 5.41) is 0. The van der Waals surface area contributed by atoms with Crippen molar-refractivity contribution in [2.75, 3.05) is 0 Å². The fourth-order valence-corrected chi connectivity index (χ4v) is 1.57. The molecule has 1 rings (SSSR count). The lowest BCUT2D eigenvalue weighted by Gasteiger charge is -2.32. The van der Waals surface area contributed by atoms with Crippen LogP contribution in [-0.2, 0) is 0 Å². The zero-order chi connectivity index (χ0) is 7.02. The first-order chi connectivity index (χ1) is 4.13. The van der Waals surface area contributed by atoms with Crippen molar-refractivity contribution < 1.29 is 0 Å². The average Bonchev–Trinajstić information content (AvgIpc) is 1.81. The number of hydrogen-bond donors (Lipinski definition) is 0. The smallest absolute Gasteiger partial charge is 0.0143 e. The minimum Gasteiger partial charge on any atom is -0.0735 e. The quantitative estimate of drug-likeness (QED) is 0.471. The summed E-state index contributed by atoms with van der Waals surface area (Å²) >= 11 is 0. The maximum absolute atomic E-state index is 2.31. The van der Waals surface area contributed by atoms with Gasteiger partial charge in [0.05, 0.1) is 0 Å². The van der Waals surface area contributed by atoms with Crippen LogP contribution in [0.3, 0.4) is 0 Å². The van der Waals surface area contributed by atoms with E-state index in [-0.39, 0.29) is 0 Å². The van der Waals surface area contributed by atoms with E-state index >= 15 is 0 Å². The molecule has 0 radical (unpaired) electrons.